The van der Waals surface area contributed by atoms with Crippen molar-refractivity contribution in [2.24, 2.45) is 0 Å². The number of anilines is 1. The SMILES string of the molecule is CC1(C)C=Cc2ccc(-c3ccccn3)cc2N1. The molecule has 0 amide bonds. The number of hydrogen-bond donors (Lipinski definition) is 1. The van der Waals surface area contributed by atoms with Crippen LogP contribution in [0.15, 0.2) is 48.7 Å². The van der Waals surface area contributed by atoms with Crippen LogP contribution < -0.4 is 5.32 Å². The van der Waals surface area contributed by atoms with Crippen LogP contribution in [0, 0.1) is 0 Å². The van der Waals surface area contributed by atoms with Crippen LogP contribution in [-0.4, -0.2) is 10.5 Å². The first-order chi connectivity index (χ1) is 8.64. The van der Waals surface area contributed by atoms with Gasteiger partial charge in [0, 0.05) is 17.4 Å². The number of pyridine rings is 1. The third kappa shape index (κ3) is 2.02. The second-order valence-electron chi connectivity index (χ2n) is 5.20. The predicted octanol–water partition coefficient (Wildman–Crippen LogP) is 3.97. The largest absolute Gasteiger partial charge is 0.376 e. The minimum Gasteiger partial charge on any atom is -0.376 e. The minimum absolute atomic E-state index is 0.00966. The molecule has 0 unspecified atom stereocenters. The molecule has 0 aliphatic carbocycles. The molecule has 0 atom stereocenters. The highest BCUT2D eigenvalue weighted by Gasteiger charge is 2.19. The lowest BCUT2D eigenvalue weighted by molar-refractivity contribution is 0.711. The van der Waals surface area contributed by atoms with Crippen LogP contribution in [0.25, 0.3) is 17.3 Å². The molecule has 0 saturated carbocycles. The van der Waals surface area contributed by atoms with Gasteiger partial charge in [0.25, 0.3) is 0 Å². The molecule has 2 heterocycles. The molecule has 0 saturated heterocycles. The lowest BCUT2D eigenvalue weighted by atomic mass is 9.95. The van der Waals surface area contributed by atoms with Crippen LogP contribution in [0.5, 0.6) is 0 Å². The smallest absolute Gasteiger partial charge is 0.0702 e. The summed E-state index contributed by atoms with van der Waals surface area (Å²) in [7, 11) is 0. The van der Waals surface area contributed by atoms with Gasteiger partial charge < -0.3 is 5.32 Å². The molecule has 0 radical (unpaired) electrons. The van der Waals surface area contributed by atoms with Crippen molar-refractivity contribution in [2.75, 3.05) is 5.32 Å². The van der Waals surface area contributed by atoms with E-state index >= 15 is 0 Å². The molecule has 2 aromatic rings. The maximum Gasteiger partial charge on any atom is 0.0702 e. The van der Waals surface area contributed by atoms with E-state index in [1.54, 1.807) is 0 Å². The van der Waals surface area contributed by atoms with E-state index in [0.717, 1.165) is 11.3 Å². The van der Waals surface area contributed by atoms with E-state index in [0.29, 0.717) is 0 Å². The zero-order chi connectivity index (χ0) is 12.6. The highest BCUT2D eigenvalue weighted by atomic mass is 15.0. The molecule has 2 nitrogen and oxygen atoms in total. The fourth-order valence-electron chi connectivity index (χ4n) is 2.19. The molecule has 1 aromatic carbocycles. The Labute approximate surface area is 107 Å². The molecule has 3 rings (SSSR count). The van der Waals surface area contributed by atoms with Crippen molar-refractivity contribution in [1.29, 1.82) is 0 Å². The molecule has 18 heavy (non-hydrogen) atoms. The lowest BCUT2D eigenvalue weighted by Crippen LogP contribution is -2.30. The Hall–Kier alpha value is -2.09. The van der Waals surface area contributed by atoms with Crippen molar-refractivity contribution >= 4 is 11.8 Å². The molecule has 0 fully saturated rings. The zero-order valence-electron chi connectivity index (χ0n) is 10.6. The fourth-order valence-corrected chi connectivity index (χ4v) is 2.19. The number of hydrogen-bond acceptors (Lipinski definition) is 2. The third-order valence-electron chi connectivity index (χ3n) is 3.15. The maximum atomic E-state index is 4.39. The first-order valence-electron chi connectivity index (χ1n) is 6.17. The molecule has 0 spiro atoms. The van der Waals surface area contributed by atoms with Crippen molar-refractivity contribution < 1.29 is 0 Å². The summed E-state index contributed by atoms with van der Waals surface area (Å²) < 4.78 is 0. The molecule has 1 aliphatic heterocycles. The van der Waals surface area contributed by atoms with Gasteiger partial charge in [-0.05, 0) is 37.6 Å². The average molecular weight is 236 g/mol. The summed E-state index contributed by atoms with van der Waals surface area (Å²) in [6, 6.07) is 12.4. The summed E-state index contributed by atoms with van der Waals surface area (Å²) in [5, 5.41) is 3.53. The second kappa shape index (κ2) is 3.98. The lowest BCUT2D eigenvalue weighted by Gasteiger charge is -2.29. The summed E-state index contributed by atoms with van der Waals surface area (Å²) >= 11 is 0. The predicted molar refractivity (Wildman–Crippen MR) is 76.4 cm³/mol. The number of rotatable bonds is 1. The number of nitrogens with one attached hydrogen (secondary N) is 1. The number of aromatic nitrogens is 1. The van der Waals surface area contributed by atoms with Crippen LogP contribution >= 0.6 is 0 Å². The Morgan fingerprint density at radius 1 is 1.11 bits per heavy atom. The van der Waals surface area contributed by atoms with Crippen LogP contribution in [-0.2, 0) is 0 Å². The van der Waals surface area contributed by atoms with E-state index in [4.69, 9.17) is 0 Å². The number of nitrogens with zero attached hydrogens (tertiary/aromatic N) is 1. The van der Waals surface area contributed by atoms with Gasteiger partial charge >= 0.3 is 0 Å². The van der Waals surface area contributed by atoms with Crippen molar-refractivity contribution in [2.45, 2.75) is 19.4 Å². The molecule has 0 bridgehead atoms. The van der Waals surface area contributed by atoms with Gasteiger partial charge in [-0.2, -0.15) is 0 Å². The van der Waals surface area contributed by atoms with Crippen LogP contribution in [0.1, 0.15) is 19.4 Å². The van der Waals surface area contributed by atoms with E-state index in [1.807, 2.05) is 24.4 Å². The average Bonchev–Trinajstić information content (AvgIpc) is 2.38. The van der Waals surface area contributed by atoms with Gasteiger partial charge in [-0.3, -0.25) is 4.98 Å². The Kier molecular flexibility index (Phi) is 2.44. The van der Waals surface area contributed by atoms with Gasteiger partial charge in [0.15, 0.2) is 0 Å². The Morgan fingerprint density at radius 2 is 2.00 bits per heavy atom. The standard InChI is InChI=1S/C16H16N2/c1-16(2)9-8-12-6-7-13(11-15(12)18-16)14-5-3-4-10-17-14/h3-11,18H,1-2H3. The highest BCUT2D eigenvalue weighted by molar-refractivity contribution is 5.77. The molecule has 1 aromatic heterocycles. The third-order valence-corrected chi connectivity index (χ3v) is 3.15. The Morgan fingerprint density at radius 3 is 2.78 bits per heavy atom. The minimum atomic E-state index is 0.00966. The molecular formula is C16H16N2. The van der Waals surface area contributed by atoms with Crippen LogP contribution in [0.4, 0.5) is 5.69 Å². The quantitative estimate of drug-likeness (QED) is 0.810. The molecular weight excluding hydrogens is 220 g/mol. The van der Waals surface area contributed by atoms with Gasteiger partial charge in [0.05, 0.1) is 11.2 Å². The molecule has 2 heteroatoms. The van der Waals surface area contributed by atoms with Crippen LogP contribution in [0.3, 0.4) is 0 Å². The summed E-state index contributed by atoms with van der Waals surface area (Å²) in [6.07, 6.45) is 6.19. The number of fused-ring (bicyclic) bond motifs is 1. The highest BCUT2D eigenvalue weighted by Crippen LogP contribution is 2.31. The van der Waals surface area contributed by atoms with Gasteiger partial charge in [0.1, 0.15) is 0 Å². The monoisotopic (exact) mass is 236 g/mol. The maximum absolute atomic E-state index is 4.39. The fraction of sp³-hybridized carbons (Fsp3) is 0.188. The Balaban J connectivity index is 2.05. The van der Waals surface area contributed by atoms with E-state index in [2.05, 4.69) is 54.5 Å². The first-order valence-corrected chi connectivity index (χ1v) is 6.17. The van der Waals surface area contributed by atoms with E-state index in [1.165, 1.54) is 11.3 Å². The second-order valence-corrected chi connectivity index (χ2v) is 5.20. The molecule has 1 N–H and O–H groups in total. The normalized spacial score (nSPS) is 15.9. The molecule has 90 valence electrons. The van der Waals surface area contributed by atoms with Gasteiger partial charge in [-0.1, -0.05) is 30.4 Å². The van der Waals surface area contributed by atoms with Crippen molar-refractivity contribution in [3.8, 4) is 11.3 Å². The topological polar surface area (TPSA) is 24.9 Å². The Bertz CT molecular complexity index is 598. The van der Waals surface area contributed by atoms with E-state index in [9.17, 15) is 0 Å². The van der Waals surface area contributed by atoms with Gasteiger partial charge in [-0.25, -0.2) is 0 Å². The molecule has 1 aliphatic rings. The summed E-state index contributed by atoms with van der Waals surface area (Å²) in [4.78, 5) is 4.39. The van der Waals surface area contributed by atoms with Crippen LogP contribution in [0.2, 0.25) is 0 Å². The van der Waals surface area contributed by atoms with E-state index in [-0.39, 0.29) is 5.54 Å². The summed E-state index contributed by atoms with van der Waals surface area (Å²) in [6.45, 7) is 4.33. The zero-order valence-corrected chi connectivity index (χ0v) is 10.6. The van der Waals surface area contributed by atoms with Crippen molar-refractivity contribution in [3.05, 3.63) is 54.2 Å². The summed E-state index contributed by atoms with van der Waals surface area (Å²) in [5.41, 5.74) is 4.57. The van der Waals surface area contributed by atoms with Crippen molar-refractivity contribution in [1.82, 2.24) is 4.98 Å². The van der Waals surface area contributed by atoms with Crippen molar-refractivity contribution in [3.63, 3.8) is 0 Å². The van der Waals surface area contributed by atoms with Gasteiger partial charge in [0.2, 0.25) is 0 Å². The summed E-state index contributed by atoms with van der Waals surface area (Å²) in [5.74, 6) is 0. The van der Waals surface area contributed by atoms with Gasteiger partial charge in [-0.15, -0.1) is 0 Å². The first kappa shape index (κ1) is 11.0. The van der Waals surface area contributed by atoms with E-state index < -0.39 is 0 Å². The number of benzene rings is 1.